The number of rotatable bonds is 7. The Bertz CT molecular complexity index is 625. The maximum atomic E-state index is 12.8. The number of likely N-dealkylation sites (tertiary alicyclic amines) is 1. The summed E-state index contributed by atoms with van der Waals surface area (Å²) < 4.78 is 0. The summed E-state index contributed by atoms with van der Waals surface area (Å²) in [6.45, 7) is 1.83. The van der Waals surface area contributed by atoms with Gasteiger partial charge >= 0.3 is 0 Å². The Morgan fingerprint density at radius 1 is 1.28 bits per heavy atom. The normalized spacial score (nSPS) is 18.1. The van der Waals surface area contributed by atoms with Crippen molar-refractivity contribution in [2.24, 2.45) is 5.73 Å². The van der Waals surface area contributed by atoms with Gasteiger partial charge in [-0.3, -0.25) is 9.59 Å². The molecule has 5 heteroatoms. The lowest BCUT2D eigenvalue weighted by molar-refractivity contribution is -0.137. The predicted molar refractivity (Wildman–Crippen MR) is 100 cm³/mol. The molecular weight excluding hydrogens is 314 g/mol. The van der Waals surface area contributed by atoms with E-state index in [1.54, 1.807) is 11.0 Å². The second-order valence-electron chi connectivity index (χ2n) is 6.87. The minimum atomic E-state index is -0.313. The Morgan fingerprint density at radius 2 is 2.04 bits per heavy atom. The highest BCUT2D eigenvalue weighted by Crippen LogP contribution is 2.20. The van der Waals surface area contributed by atoms with E-state index in [-0.39, 0.29) is 17.7 Å². The molecule has 1 aliphatic heterocycles. The Hall–Kier alpha value is -1.98. The number of ketones is 1. The quantitative estimate of drug-likeness (QED) is 0.766. The van der Waals surface area contributed by atoms with Crippen LogP contribution >= 0.6 is 0 Å². The van der Waals surface area contributed by atoms with Crippen molar-refractivity contribution < 1.29 is 9.59 Å². The van der Waals surface area contributed by atoms with Crippen LogP contribution in [0, 0.1) is 0 Å². The largest absolute Gasteiger partial charge is 0.329 e. The molecule has 0 aromatic heterocycles. The third kappa shape index (κ3) is 5.80. The van der Waals surface area contributed by atoms with Gasteiger partial charge in [0.2, 0.25) is 5.91 Å². The van der Waals surface area contributed by atoms with Gasteiger partial charge < -0.3 is 15.5 Å². The fraction of sp³-hybridized carbons (Fsp3) is 0.500. The molecule has 0 radical (unpaired) electrons. The van der Waals surface area contributed by atoms with Gasteiger partial charge in [-0.05, 0) is 44.5 Å². The zero-order chi connectivity index (χ0) is 18.2. The summed E-state index contributed by atoms with van der Waals surface area (Å²) in [6.07, 6.45) is 6.50. The van der Waals surface area contributed by atoms with Crippen molar-refractivity contribution in [1.82, 2.24) is 9.80 Å². The molecule has 2 rings (SSSR count). The fourth-order valence-electron chi connectivity index (χ4n) is 3.18. The molecule has 1 aromatic rings. The molecule has 1 aromatic carbocycles. The Kier molecular flexibility index (Phi) is 7.34. The van der Waals surface area contributed by atoms with Gasteiger partial charge in [0.1, 0.15) is 0 Å². The number of piperidine rings is 1. The van der Waals surface area contributed by atoms with E-state index in [4.69, 9.17) is 5.73 Å². The van der Waals surface area contributed by atoms with Crippen molar-refractivity contribution in [3.8, 4) is 0 Å². The second kappa shape index (κ2) is 9.49. The number of amides is 1. The van der Waals surface area contributed by atoms with Crippen LogP contribution < -0.4 is 5.73 Å². The molecular formula is C20H29N3O2. The molecule has 0 bridgehead atoms. The molecule has 1 aliphatic rings. The molecule has 136 valence electrons. The minimum absolute atomic E-state index is 0.0596. The first-order valence-electron chi connectivity index (χ1n) is 8.93. The van der Waals surface area contributed by atoms with E-state index in [1.807, 2.05) is 49.3 Å². The molecule has 1 unspecified atom stereocenters. The monoisotopic (exact) mass is 343 g/mol. The van der Waals surface area contributed by atoms with Crippen LogP contribution in [0.5, 0.6) is 0 Å². The van der Waals surface area contributed by atoms with Gasteiger partial charge in [-0.2, -0.15) is 0 Å². The molecule has 0 spiro atoms. The minimum Gasteiger partial charge on any atom is -0.329 e. The molecule has 25 heavy (non-hydrogen) atoms. The van der Waals surface area contributed by atoms with Crippen LogP contribution in [0.1, 0.15) is 30.4 Å². The number of benzene rings is 1. The maximum Gasteiger partial charge on any atom is 0.246 e. The van der Waals surface area contributed by atoms with Crippen molar-refractivity contribution in [3.63, 3.8) is 0 Å². The van der Waals surface area contributed by atoms with E-state index in [2.05, 4.69) is 0 Å². The van der Waals surface area contributed by atoms with Crippen LogP contribution in [0.4, 0.5) is 0 Å². The Labute approximate surface area is 150 Å². The van der Waals surface area contributed by atoms with Crippen LogP contribution in [0.3, 0.4) is 0 Å². The number of hydrogen-bond acceptors (Lipinski definition) is 4. The average Bonchev–Trinajstić information content (AvgIpc) is 2.61. The number of nitrogens with zero attached hydrogens (tertiary/aromatic N) is 2. The Balaban J connectivity index is 2.04. The lowest BCUT2D eigenvalue weighted by atomic mass is 9.94. The van der Waals surface area contributed by atoms with Crippen LogP contribution in [0.25, 0.3) is 0 Å². The number of likely N-dealkylation sites (N-methyl/N-ethyl adjacent to an activating group) is 1. The molecule has 0 saturated carbocycles. The van der Waals surface area contributed by atoms with Crippen LogP contribution in [-0.4, -0.2) is 54.7 Å². The van der Waals surface area contributed by atoms with Crippen molar-refractivity contribution in [2.75, 3.05) is 27.2 Å². The highest BCUT2D eigenvalue weighted by atomic mass is 16.2. The van der Waals surface area contributed by atoms with E-state index >= 15 is 0 Å². The second-order valence-corrected chi connectivity index (χ2v) is 6.87. The van der Waals surface area contributed by atoms with E-state index in [1.165, 1.54) is 0 Å². The zero-order valence-electron chi connectivity index (χ0n) is 15.3. The van der Waals surface area contributed by atoms with E-state index in [9.17, 15) is 9.59 Å². The molecule has 0 aliphatic carbocycles. The summed E-state index contributed by atoms with van der Waals surface area (Å²) >= 11 is 0. The smallest absolute Gasteiger partial charge is 0.246 e. The van der Waals surface area contributed by atoms with Gasteiger partial charge in [-0.25, -0.2) is 0 Å². The lowest BCUT2D eigenvalue weighted by Crippen LogP contribution is -2.48. The molecule has 1 fully saturated rings. The summed E-state index contributed by atoms with van der Waals surface area (Å²) in [6, 6.07) is 7.50. The maximum absolute atomic E-state index is 12.8. The van der Waals surface area contributed by atoms with Gasteiger partial charge in [-0.15, -0.1) is 0 Å². The first-order valence-corrected chi connectivity index (χ1v) is 8.93. The molecule has 1 atom stereocenters. The Morgan fingerprint density at radius 3 is 2.76 bits per heavy atom. The molecule has 1 heterocycles. The molecule has 1 saturated heterocycles. The number of hydrogen-bond donors (Lipinski definition) is 1. The van der Waals surface area contributed by atoms with Crippen LogP contribution in [-0.2, 0) is 22.6 Å². The summed E-state index contributed by atoms with van der Waals surface area (Å²) in [4.78, 5) is 29.0. The lowest BCUT2D eigenvalue weighted by Gasteiger charge is -2.34. The topological polar surface area (TPSA) is 66.6 Å². The van der Waals surface area contributed by atoms with Crippen molar-refractivity contribution in [3.05, 3.63) is 47.5 Å². The summed E-state index contributed by atoms with van der Waals surface area (Å²) in [5.41, 5.74) is 7.66. The summed E-state index contributed by atoms with van der Waals surface area (Å²) in [5.74, 6) is 0.0545. The number of carbonyl (C=O) groups is 2. The SMILES string of the molecule is CN(C)C/C=C/C(=O)N1CCCCC1C(=O)Cc1cccc(CN)c1. The first kappa shape index (κ1) is 19.3. The van der Waals surface area contributed by atoms with Gasteiger partial charge in [0.15, 0.2) is 5.78 Å². The fourth-order valence-corrected chi connectivity index (χ4v) is 3.18. The van der Waals surface area contributed by atoms with Gasteiger partial charge in [-0.1, -0.05) is 30.3 Å². The van der Waals surface area contributed by atoms with Crippen LogP contribution in [0.2, 0.25) is 0 Å². The van der Waals surface area contributed by atoms with Gasteiger partial charge in [0.25, 0.3) is 0 Å². The van der Waals surface area contributed by atoms with Crippen molar-refractivity contribution >= 4 is 11.7 Å². The average molecular weight is 343 g/mol. The van der Waals surface area contributed by atoms with Crippen LogP contribution in [0.15, 0.2) is 36.4 Å². The third-order valence-electron chi connectivity index (χ3n) is 4.49. The van der Waals surface area contributed by atoms with Crippen molar-refractivity contribution in [1.29, 1.82) is 0 Å². The summed E-state index contributed by atoms with van der Waals surface area (Å²) in [7, 11) is 3.91. The van der Waals surface area contributed by atoms with Crippen molar-refractivity contribution in [2.45, 2.75) is 38.3 Å². The molecule has 5 nitrogen and oxygen atoms in total. The first-order chi connectivity index (χ1) is 12.0. The highest BCUT2D eigenvalue weighted by molar-refractivity contribution is 5.94. The predicted octanol–water partition coefficient (Wildman–Crippen LogP) is 1.76. The number of carbonyl (C=O) groups excluding carboxylic acids is 2. The molecule has 2 N–H and O–H groups in total. The van der Waals surface area contributed by atoms with E-state index in [0.717, 1.165) is 30.4 Å². The van der Waals surface area contributed by atoms with Gasteiger partial charge in [0.05, 0.1) is 6.04 Å². The highest BCUT2D eigenvalue weighted by Gasteiger charge is 2.30. The third-order valence-corrected chi connectivity index (χ3v) is 4.49. The number of nitrogens with two attached hydrogens (primary N) is 1. The molecule has 1 amide bonds. The zero-order valence-corrected chi connectivity index (χ0v) is 15.3. The summed E-state index contributed by atoms with van der Waals surface area (Å²) in [5, 5.41) is 0. The standard InChI is InChI=1S/C20H29N3O2/c1-22(2)11-6-10-20(25)23-12-4-3-9-18(23)19(24)14-16-7-5-8-17(13-16)15-21/h5-8,10,13,18H,3-4,9,11-12,14-15,21H2,1-2H3/b10-6+. The van der Waals surface area contributed by atoms with E-state index in [0.29, 0.717) is 26.1 Å². The van der Waals surface area contributed by atoms with E-state index < -0.39 is 0 Å². The van der Waals surface area contributed by atoms with Gasteiger partial charge in [0, 0.05) is 32.1 Å². The number of Topliss-reactive ketones (excluding diaryl/α,β-unsaturated/α-hetero) is 1.